The van der Waals surface area contributed by atoms with Crippen molar-refractivity contribution < 1.29 is 0 Å². The highest BCUT2D eigenvalue weighted by Gasteiger charge is 2.31. The van der Waals surface area contributed by atoms with E-state index in [2.05, 4.69) is 26.5 Å². The zero-order valence-corrected chi connectivity index (χ0v) is 7.90. The highest BCUT2D eigenvalue weighted by molar-refractivity contribution is 4.98. The van der Waals surface area contributed by atoms with Crippen LogP contribution in [0.2, 0.25) is 0 Å². The lowest BCUT2D eigenvalue weighted by Gasteiger charge is -2.38. The van der Waals surface area contributed by atoms with E-state index in [0.717, 1.165) is 5.92 Å². The molecule has 0 nitrogen and oxygen atoms in total. The van der Waals surface area contributed by atoms with Crippen LogP contribution in [0.3, 0.4) is 0 Å². The van der Waals surface area contributed by atoms with E-state index in [1.54, 1.807) is 0 Å². The fraction of sp³-hybridized carbons (Fsp3) is 0.818. The Bertz CT molecular complexity index is 127. The van der Waals surface area contributed by atoms with E-state index >= 15 is 0 Å². The molecule has 0 aromatic heterocycles. The van der Waals surface area contributed by atoms with Gasteiger partial charge >= 0.3 is 0 Å². The standard InChI is InChI=1S/C11H20/c1-4-11(10(2)3)8-6-5-7-9-11/h4,10H,1,5-9H2,2-3H3. The van der Waals surface area contributed by atoms with E-state index in [1.807, 2.05) is 0 Å². The third-order valence-corrected chi connectivity index (χ3v) is 3.34. The van der Waals surface area contributed by atoms with E-state index < -0.39 is 0 Å². The summed E-state index contributed by atoms with van der Waals surface area (Å²) in [6.45, 7) is 8.63. The first-order chi connectivity index (χ1) is 5.21. The molecule has 0 heterocycles. The van der Waals surface area contributed by atoms with Crippen molar-refractivity contribution in [2.75, 3.05) is 0 Å². The normalized spacial score (nSPS) is 23.5. The van der Waals surface area contributed by atoms with Crippen LogP contribution in [-0.4, -0.2) is 0 Å². The third kappa shape index (κ3) is 1.66. The highest BCUT2D eigenvalue weighted by atomic mass is 14.4. The predicted molar refractivity (Wildman–Crippen MR) is 50.6 cm³/mol. The van der Waals surface area contributed by atoms with Gasteiger partial charge in [0.25, 0.3) is 0 Å². The summed E-state index contributed by atoms with van der Waals surface area (Å²) in [5.41, 5.74) is 0.484. The fourth-order valence-electron chi connectivity index (χ4n) is 2.23. The Kier molecular flexibility index (Phi) is 2.75. The van der Waals surface area contributed by atoms with Crippen LogP contribution >= 0.6 is 0 Å². The van der Waals surface area contributed by atoms with E-state index in [4.69, 9.17) is 0 Å². The van der Waals surface area contributed by atoms with Gasteiger partial charge in [-0.2, -0.15) is 0 Å². The Labute approximate surface area is 70.7 Å². The second kappa shape index (κ2) is 3.42. The molecule has 0 bridgehead atoms. The van der Waals surface area contributed by atoms with E-state index in [1.165, 1.54) is 32.1 Å². The van der Waals surface area contributed by atoms with E-state index in [-0.39, 0.29) is 0 Å². The van der Waals surface area contributed by atoms with E-state index in [0.29, 0.717) is 5.41 Å². The first kappa shape index (κ1) is 8.83. The predicted octanol–water partition coefficient (Wildman–Crippen LogP) is 3.78. The largest absolute Gasteiger partial charge is 0.103 e. The van der Waals surface area contributed by atoms with Gasteiger partial charge in [-0.05, 0) is 24.2 Å². The van der Waals surface area contributed by atoms with Gasteiger partial charge in [-0.15, -0.1) is 6.58 Å². The average molecular weight is 152 g/mol. The molecule has 11 heavy (non-hydrogen) atoms. The van der Waals surface area contributed by atoms with Crippen molar-refractivity contribution in [1.29, 1.82) is 0 Å². The maximum atomic E-state index is 3.98. The van der Waals surface area contributed by atoms with Crippen LogP contribution in [-0.2, 0) is 0 Å². The fourth-order valence-corrected chi connectivity index (χ4v) is 2.23. The molecule has 0 saturated heterocycles. The average Bonchev–Trinajstić information content (AvgIpc) is 2.05. The van der Waals surface area contributed by atoms with Gasteiger partial charge in [0, 0.05) is 0 Å². The van der Waals surface area contributed by atoms with Crippen LogP contribution in [0.25, 0.3) is 0 Å². The molecule has 0 N–H and O–H groups in total. The van der Waals surface area contributed by atoms with Gasteiger partial charge in [0.2, 0.25) is 0 Å². The van der Waals surface area contributed by atoms with Crippen molar-refractivity contribution >= 4 is 0 Å². The molecule has 0 aromatic rings. The molecule has 0 aromatic carbocycles. The summed E-state index contributed by atoms with van der Waals surface area (Å²) in [5, 5.41) is 0. The highest BCUT2D eigenvalue weighted by Crippen LogP contribution is 2.43. The lowest BCUT2D eigenvalue weighted by molar-refractivity contribution is 0.181. The Morgan fingerprint density at radius 3 is 2.00 bits per heavy atom. The number of allylic oxidation sites excluding steroid dienone is 1. The zero-order chi connectivity index (χ0) is 8.32. The van der Waals surface area contributed by atoms with Crippen molar-refractivity contribution in [3.05, 3.63) is 12.7 Å². The minimum atomic E-state index is 0.484. The maximum Gasteiger partial charge on any atom is -0.00979 e. The molecule has 0 atom stereocenters. The lowest BCUT2D eigenvalue weighted by Crippen LogP contribution is -2.27. The number of rotatable bonds is 2. The minimum Gasteiger partial charge on any atom is -0.103 e. The summed E-state index contributed by atoms with van der Waals surface area (Å²) in [5.74, 6) is 0.778. The van der Waals surface area contributed by atoms with Gasteiger partial charge in [0.1, 0.15) is 0 Å². The quantitative estimate of drug-likeness (QED) is 0.528. The molecule has 1 aliphatic carbocycles. The van der Waals surface area contributed by atoms with Gasteiger partial charge in [-0.25, -0.2) is 0 Å². The second-order valence-electron chi connectivity index (χ2n) is 4.15. The van der Waals surface area contributed by atoms with Crippen LogP contribution < -0.4 is 0 Å². The van der Waals surface area contributed by atoms with Crippen molar-refractivity contribution in [2.45, 2.75) is 46.0 Å². The smallest absolute Gasteiger partial charge is 0.00979 e. The van der Waals surface area contributed by atoms with Gasteiger partial charge in [0.05, 0.1) is 0 Å². The van der Waals surface area contributed by atoms with Gasteiger partial charge in [0.15, 0.2) is 0 Å². The van der Waals surface area contributed by atoms with Crippen molar-refractivity contribution in [2.24, 2.45) is 11.3 Å². The molecular formula is C11H20. The summed E-state index contributed by atoms with van der Waals surface area (Å²) < 4.78 is 0. The monoisotopic (exact) mass is 152 g/mol. The second-order valence-corrected chi connectivity index (χ2v) is 4.15. The first-order valence-corrected chi connectivity index (χ1v) is 4.85. The van der Waals surface area contributed by atoms with Gasteiger partial charge in [-0.1, -0.05) is 39.2 Å². The molecule has 0 heteroatoms. The van der Waals surface area contributed by atoms with Crippen LogP contribution in [0.15, 0.2) is 12.7 Å². The topological polar surface area (TPSA) is 0 Å². The molecule has 1 saturated carbocycles. The summed E-state index contributed by atoms with van der Waals surface area (Å²) >= 11 is 0. The Balaban J connectivity index is 2.64. The van der Waals surface area contributed by atoms with Crippen LogP contribution in [0, 0.1) is 11.3 Å². The number of hydrogen-bond acceptors (Lipinski definition) is 0. The molecule has 1 fully saturated rings. The maximum absolute atomic E-state index is 3.98. The summed E-state index contributed by atoms with van der Waals surface area (Å²) in [6, 6.07) is 0. The molecule has 1 aliphatic rings. The van der Waals surface area contributed by atoms with Crippen LogP contribution in [0.4, 0.5) is 0 Å². The lowest BCUT2D eigenvalue weighted by atomic mass is 9.67. The van der Waals surface area contributed by atoms with Crippen molar-refractivity contribution in [1.82, 2.24) is 0 Å². The molecular weight excluding hydrogens is 132 g/mol. The zero-order valence-electron chi connectivity index (χ0n) is 7.90. The Hall–Kier alpha value is -0.260. The summed E-state index contributed by atoms with van der Waals surface area (Å²) in [4.78, 5) is 0. The molecule has 0 unspecified atom stereocenters. The molecule has 0 radical (unpaired) electrons. The van der Waals surface area contributed by atoms with E-state index in [9.17, 15) is 0 Å². The van der Waals surface area contributed by atoms with Crippen LogP contribution in [0.1, 0.15) is 46.0 Å². The van der Waals surface area contributed by atoms with Crippen molar-refractivity contribution in [3.63, 3.8) is 0 Å². The molecule has 0 spiro atoms. The Morgan fingerprint density at radius 1 is 1.18 bits per heavy atom. The Morgan fingerprint density at radius 2 is 1.73 bits per heavy atom. The van der Waals surface area contributed by atoms with Crippen molar-refractivity contribution in [3.8, 4) is 0 Å². The minimum absolute atomic E-state index is 0.484. The van der Waals surface area contributed by atoms with Gasteiger partial charge in [-0.3, -0.25) is 0 Å². The summed E-state index contributed by atoms with van der Waals surface area (Å²) in [6.07, 6.45) is 9.19. The van der Waals surface area contributed by atoms with Gasteiger partial charge < -0.3 is 0 Å². The van der Waals surface area contributed by atoms with Crippen LogP contribution in [0.5, 0.6) is 0 Å². The molecule has 64 valence electrons. The number of hydrogen-bond donors (Lipinski definition) is 0. The molecule has 0 amide bonds. The first-order valence-electron chi connectivity index (χ1n) is 4.85. The SMILES string of the molecule is C=CC1(C(C)C)CCCCC1. The molecule has 0 aliphatic heterocycles. The summed E-state index contributed by atoms with van der Waals surface area (Å²) in [7, 11) is 0. The third-order valence-electron chi connectivity index (χ3n) is 3.34. The molecule has 1 rings (SSSR count).